The first-order valence-corrected chi connectivity index (χ1v) is 12.1. The van der Waals surface area contributed by atoms with Crippen LogP contribution < -0.4 is 15.0 Å². The van der Waals surface area contributed by atoms with E-state index in [1.54, 1.807) is 16.7 Å². The summed E-state index contributed by atoms with van der Waals surface area (Å²) in [5.74, 6) is -3.04. The Hall–Kier alpha value is -3.73. The second kappa shape index (κ2) is 9.29. The maximum Gasteiger partial charge on any atom is 0.356 e. The van der Waals surface area contributed by atoms with E-state index in [4.69, 9.17) is 21.3 Å². The van der Waals surface area contributed by atoms with Crippen molar-refractivity contribution in [2.45, 2.75) is 38.7 Å². The number of fused-ring (bicyclic) bond motifs is 3. The van der Waals surface area contributed by atoms with Gasteiger partial charge in [0.15, 0.2) is 11.3 Å². The lowest BCUT2D eigenvalue weighted by Gasteiger charge is -2.33. The largest absolute Gasteiger partial charge is 0.480 e. The van der Waals surface area contributed by atoms with E-state index >= 15 is 0 Å². The number of aromatic carboxylic acids is 1. The molecule has 0 spiro atoms. The lowest BCUT2D eigenvalue weighted by molar-refractivity contribution is -0.0222. The number of halogens is 3. The van der Waals surface area contributed by atoms with Gasteiger partial charge in [-0.1, -0.05) is 17.7 Å². The van der Waals surface area contributed by atoms with Gasteiger partial charge in [-0.15, -0.1) is 0 Å². The molecule has 1 aliphatic heterocycles. The molecule has 5 rings (SSSR count). The van der Waals surface area contributed by atoms with Gasteiger partial charge in [-0.05, 0) is 37.6 Å². The number of anilines is 2. The van der Waals surface area contributed by atoms with Crippen LogP contribution in [0.25, 0.3) is 16.6 Å². The number of aromatic nitrogens is 4. The number of nitrogens with zero attached hydrogens (tertiary/aromatic N) is 5. The summed E-state index contributed by atoms with van der Waals surface area (Å²) in [6, 6.07) is 6.61. The SMILES string of the molecule is COc1cn2c(N3CCC(F)(F)CC3)nc3c(C(C)Nc4ccc(Cl)nc4C(=O)O)cc(C)cc3c2n1. The third kappa shape index (κ3) is 4.71. The first-order chi connectivity index (χ1) is 17.6. The Bertz CT molecular complexity index is 1520. The highest BCUT2D eigenvalue weighted by atomic mass is 35.5. The van der Waals surface area contributed by atoms with Crippen LogP contribution in [-0.4, -0.2) is 56.6 Å². The summed E-state index contributed by atoms with van der Waals surface area (Å²) >= 11 is 5.91. The number of piperidine rings is 1. The number of carboxylic acid groups (broad SMARTS) is 1. The fourth-order valence-electron chi connectivity index (χ4n) is 4.67. The molecule has 3 aromatic heterocycles. The molecule has 37 heavy (non-hydrogen) atoms. The molecule has 4 heterocycles. The number of imidazole rings is 1. The molecule has 0 aliphatic carbocycles. The number of hydrogen-bond donors (Lipinski definition) is 2. The summed E-state index contributed by atoms with van der Waals surface area (Å²) in [5, 5.41) is 13.6. The van der Waals surface area contributed by atoms with Crippen LogP contribution >= 0.6 is 11.6 Å². The van der Waals surface area contributed by atoms with Gasteiger partial charge in [0.2, 0.25) is 11.8 Å². The molecule has 0 bridgehead atoms. The van der Waals surface area contributed by atoms with E-state index in [1.165, 1.54) is 13.2 Å². The molecule has 12 heteroatoms. The molecule has 0 saturated carbocycles. The summed E-state index contributed by atoms with van der Waals surface area (Å²) in [4.78, 5) is 27.1. The van der Waals surface area contributed by atoms with E-state index in [0.717, 1.165) is 16.5 Å². The molecule has 1 unspecified atom stereocenters. The van der Waals surface area contributed by atoms with E-state index in [9.17, 15) is 18.7 Å². The van der Waals surface area contributed by atoms with Crippen LogP contribution in [0.1, 0.15) is 47.4 Å². The molecule has 1 saturated heterocycles. The number of hydrogen-bond acceptors (Lipinski definition) is 7. The van der Waals surface area contributed by atoms with Crippen molar-refractivity contribution in [2.24, 2.45) is 0 Å². The van der Waals surface area contributed by atoms with Crippen molar-refractivity contribution in [1.29, 1.82) is 0 Å². The minimum Gasteiger partial charge on any atom is -0.480 e. The Morgan fingerprint density at radius 3 is 2.62 bits per heavy atom. The number of rotatable bonds is 6. The zero-order valence-corrected chi connectivity index (χ0v) is 21.2. The normalized spacial score (nSPS) is 16.2. The van der Waals surface area contributed by atoms with Gasteiger partial charge in [0.1, 0.15) is 5.15 Å². The molecule has 1 aromatic carbocycles. The molecule has 1 atom stereocenters. The Kier molecular flexibility index (Phi) is 6.26. The van der Waals surface area contributed by atoms with E-state index < -0.39 is 17.9 Å². The first kappa shape index (κ1) is 24.9. The topological polar surface area (TPSA) is 105 Å². The predicted molar refractivity (Wildman–Crippen MR) is 136 cm³/mol. The molecule has 1 aliphatic rings. The summed E-state index contributed by atoms with van der Waals surface area (Å²) < 4.78 is 35.0. The number of aryl methyl sites for hydroxylation is 1. The minimum atomic E-state index is -2.70. The van der Waals surface area contributed by atoms with Gasteiger partial charge in [-0.2, -0.15) is 4.98 Å². The summed E-state index contributed by atoms with van der Waals surface area (Å²) in [6.45, 7) is 4.12. The molecule has 0 radical (unpaired) electrons. The minimum absolute atomic E-state index is 0.0747. The highest BCUT2D eigenvalue weighted by Crippen LogP contribution is 2.35. The van der Waals surface area contributed by atoms with Gasteiger partial charge in [0, 0.05) is 36.9 Å². The lowest BCUT2D eigenvalue weighted by atomic mass is 10.0. The average molecular weight is 531 g/mol. The fourth-order valence-corrected chi connectivity index (χ4v) is 4.82. The van der Waals surface area contributed by atoms with E-state index in [-0.39, 0.29) is 36.8 Å². The lowest BCUT2D eigenvalue weighted by Crippen LogP contribution is -2.40. The standard InChI is InChI=1S/C25H25ClF2N6O3/c1-13-10-15(14(2)29-17-4-5-18(26)30-21(17)23(35)36)20-16(11-13)22-31-19(37-3)12-34(22)24(32-20)33-8-6-25(27,28)7-9-33/h4-5,10-12,14,29H,6-9H2,1-3H3,(H,35,36). The maximum absolute atomic E-state index is 13.9. The molecule has 4 aromatic rings. The van der Waals surface area contributed by atoms with E-state index in [2.05, 4.69) is 15.3 Å². The van der Waals surface area contributed by atoms with Gasteiger partial charge in [-0.25, -0.2) is 23.5 Å². The van der Waals surface area contributed by atoms with Crippen molar-refractivity contribution in [3.63, 3.8) is 0 Å². The number of pyridine rings is 1. The predicted octanol–water partition coefficient (Wildman–Crippen LogP) is 5.35. The number of ether oxygens (including phenoxy) is 1. The molecule has 1 fully saturated rings. The molecule has 194 valence electrons. The van der Waals surface area contributed by atoms with Gasteiger partial charge in [0.25, 0.3) is 5.92 Å². The van der Waals surface area contributed by atoms with Crippen LogP contribution in [0.2, 0.25) is 5.15 Å². The molecular weight excluding hydrogens is 506 g/mol. The zero-order valence-electron chi connectivity index (χ0n) is 20.4. The van der Waals surface area contributed by atoms with Gasteiger partial charge in [-0.3, -0.25) is 4.40 Å². The molecule has 0 amide bonds. The smallest absolute Gasteiger partial charge is 0.356 e. The number of nitrogens with one attached hydrogen (secondary N) is 1. The molecule has 2 N–H and O–H groups in total. The fraction of sp³-hybridized carbons (Fsp3) is 0.360. The van der Waals surface area contributed by atoms with Gasteiger partial charge in [0.05, 0.1) is 30.6 Å². The van der Waals surface area contributed by atoms with Crippen molar-refractivity contribution in [1.82, 2.24) is 19.4 Å². The third-order valence-electron chi connectivity index (χ3n) is 6.53. The van der Waals surface area contributed by atoms with E-state index in [0.29, 0.717) is 28.7 Å². The van der Waals surface area contributed by atoms with Gasteiger partial charge >= 0.3 is 5.97 Å². The summed E-state index contributed by atoms with van der Waals surface area (Å²) in [7, 11) is 1.52. The third-order valence-corrected chi connectivity index (χ3v) is 6.74. The molecule has 9 nitrogen and oxygen atoms in total. The second-order valence-corrected chi connectivity index (χ2v) is 9.57. The van der Waals surface area contributed by atoms with Crippen molar-refractivity contribution >= 4 is 45.8 Å². The Morgan fingerprint density at radius 2 is 1.95 bits per heavy atom. The average Bonchev–Trinajstić information content (AvgIpc) is 3.29. The Morgan fingerprint density at radius 1 is 1.22 bits per heavy atom. The van der Waals surface area contributed by atoms with Crippen molar-refractivity contribution in [3.8, 4) is 5.88 Å². The Balaban J connectivity index is 1.66. The van der Waals surface area contributed by atoms with Crippen LogP contribution in [0, 0.1) is 6.92 Å². The summed E-state index contributed by atoms with van der Waals surface area (Å²) in [5.41, 5.74) is 3.05. The van der Waals surface area contributed by atoms with Gasteiger partial charge < -0.3 is 20.1 Å². The highest BCUT2D eigenvalue weighted by molar-refractivity contribution is 6.29. The number of methoxy groups -OCH3 is 1. The number of alkyl halides is 2. The van der Waals surface area contributed by atoms with Crippen molar-refractivity contribution < 1.29 is 23.4 Å². The van der Waals surface area contributed by atoms with E-state index in [1.807, 2.05) is 30.9 Å². The number of carbonyl (C=O) groups is 1. The second-order valence-electron chi connectivity index (χ2n) is 9.18. The Labute approximate surface area is 216 Å². The van der Waals surface area contributed by atoms with Crippen LogP contribution in [-0.2, 0) is 0 Å². The first-order valence-electron chi connectivity index (χ1n) is 11.7. The molecular formula is C25H25ClF2N6O3. The highest BCUT2D eigenvalue weighted by Gasteiger charge is 2.35. The maximum atomic E-state index is 13.9. The summed E-state index contributed by atoms with van der Waals surface area (Å²) in [6.07, 6.45) is 1.17. The quantitative estimate of drug-likeness (QED) is 0.321. The van der Waals surface area contributed by atoms with Crippen molar-refractivity contribution in [3.05, 3.63) is 52.4 Å². The zero-order chi connectivity index (χ0) is 26.5. The van der Waals surface area contributed by atoms with Crippen molar-refractivity contribution in [2.75, 3.05) is 30.4 Å². The van der Waals surface area contributed by atoms with Crippen LogP contribution in [0.3, 0.4) is 0 Å². The number of benzene rings is 1. The van der Waals surface area contributed by atoms with Crippen LogP contribution in [0.15, 0.2) is 30.5 Å². The monoisotopic (exact) mass is 530 g/mol. The van der Waals surface area contributed by atoms with Crippen LogP contribution in [0.4, 0.5) is 20.4 Å². The number of carboxylic acids is 1. The van der Waals surface area contributed by atoms with Crippen LogP contribution in [0.5, 0.6) is 5.88 Å².